The van der Waals surface area contributed by atoms with Gasteiger partial charge in [0.25, 0.3) is 0 Å². The zero-order valence-electron chi connectivity index (χ0n) is 6.11. The van der Waals surface area contributed by atoms with Gasteiger partial charge in [-0.3, -0.25) is 0 Å². The zero-order valence-corrected chi connectivity index (χ0v) is 6.93. The van der Waals surface area contributed by atoms with Crippen molar-refractivity contribution in [2.24, 2.45) is 0 Å². The Morgan fingerprint density at radius 2 is 2.36 bits per heavy atom. The summed E-state index contributed by atoms with van der Waals surface area (Å²) in [5.41, 5.74) is 0.578. The Hall–Kier alpha value is -0.960. The molecule has 0 spiro atoms. The Kier molecular flexibility index (Phi) is 2.98. The number of allylic oxidation sites excluding steroid dienone is 2. The lowest BCUT2D eigenvalue weighted by molar-refractivity contribution is -0.135. The minimum atomic E-state index is -0.298. The van der Waals surface area contributed by atoms with Gasteiger partial charge in [0.1, 0.15) is 0 Å². The fourth-order valence-electron chi connectivity index (χ4n) is 0.656. The molecule has 2 nitrogen and oxygen atoms in total. The van der Waals surface area contributed by atoms with Crippen LogP contribution >= 0.6 is 11.8 Å². The third-order valence-electron chi connectivity index (χ3n) is 1.18. The topological polar surface area (TPSA) is 26.3 Å². The highest BCUT2D eigenvalue weighted by Gasteiger charge is 2.04. The van der Waals surface area contributed by atoms with Crippen LogP contribution in [-0.2, 0) is 9.53 Å². The van der Waals surface area contributed by atoms with Crippen LogP contribution in [0.3, 0.4) is 0 Å². The molecule has 0 aliphatic carbocycles. The van der Waals surface area contributed by atoms with Crippen molar-refractivity contribution in [3.05, 3.63) is 34.6 Å². The first-order chi connectivity index (χ1) is 5.34. The van der Waals surface area contributed by atoms with Gasteiger partial charge in [-0.1, -0.05) is 6.08 Å². The highest BCUT2D eigenvalue weighted by atomic mass is 32.2. The van der Waals surface area contributed by atoms with E-state index in [1.807, 2.05) is 16.9 Å². The van der Waals surface area contributed by atoms with Crippen molar-refractivity contribution in [1.29, 1.82) is 0 Å². The van der Waals surface area contributed by atoms with Gasteiger partial charge in [-0.05, 0) is 23.0 Å². The Bertz CT molecular complexity index is 238. The van der Waals surface area contributed by atoms with E-state index in [0.717, 1.165) is 0 Å². The van der Waals surface area contributed by atoms with E-state index < -0.39 is 0 Å². The average Bonchev–Trinajstić information content (AvgIpc) is 2.30. The fraction of sp³-hybridized carbons (Fsp3) is 0.125. The molecule has 0 unspecified atom stereocenters. The molecule has 1 heterocycles. The van der Waals surface area contributed by atoms with Crippen LogP contribution in [0.25, 0.3) is 0 Å². The number of hydrogen-bond donors (Lipinski definition) is 0. The van der Waals surface area contributed by atoms with Crippen LogP contribution in [0, 0.1) is 0 Å². The number of rotatable bonds is 1. The highest BCUT2D eigenvalue weighted by molar-refractivity contribution is 8.04. The van der Waals surface area contributed by atoms with Crippen molar-refractivity contribution < 1.29 is 9.53 Å². The summed E-state index contributed by atoms with van der Waals surface area (Å²) in [4.78, 5) is 10.9. The number of methoxy groups -OCH3 is 1. The quantitative estimate of drug-likeness (QED) is 0.559. The Balaban J connectivity index is 2.77. The molecular formula is C8H8O2S. The Morgan fingerprint density at radius 3 is 3.09 bits per heavy atom. The molecule has 1 aliphatic rings. The van der Waals surface area contributed by atoms with Crippen LogP contribution < -0.4 is 0 Å². The molecule has 0 aromatic carbocycles. The molecule has 0 atom stereocenters. The smallest absolute Gasteiger partial charge is 0.337 e. The van der Waals surface area contributed by atoms with Gasteiger partial charge in [0.05, 0.1) is 12.7 Å². The normalized spacial score (nSPS) is 15.5. The van der Waals surface area contributed by atoms with Gasteiger partial charge < -0.3 is 4.74 Å². The van der Waals surface area contributed by atoms with Gasteiger partial charge in [0.2, 0.25) is 0 Å². The standard InChI is InChI=1S/C8H8O2S/c1-10-8(9)7-3-2-5-11-6-4-7/h2-6H,1H3. The maximum atomic E-state index is 10.9. The molecule has 0 aromatic heterocycles. The van der Waals surface area contributed by atoms with Crippen LogP contribution in [0.15, 0.2) is 34.6 Å². The van der Waals surface area contributed by atoms with Crippen LogP contribution in [-0.4, -0.2) is 13.1 Å². The molecule has 0 saturated heterocycles. The number of esters is 1. The summed E-state index contributed by atoms with van der Waals surface area (Å²) in [6, 6.07) is 0. The van der Waals surface area contributed by atoms with Crippen molar-refractivity contribution in [3.8, 4) is 0 Å². The minimum absolute atomic E-state index is 0.298. The second-order valence-corrected chi connectivity index (χ2v) is 2.70. The maximum absolute atomic E-state index is 10.9. The zero-order chi connectivity index (χ0) is 8.10. The molecule has 3 heteroatoms. The molecule has 1 aliphatic heterocycles. The lowest BCUT2D eigenvalue weighted by Crippen LogP contribution is -2.01. The lowest BCUT2D eigenvalue weighted by atomic mass is 10.2. The summed E-state index contributed by atoms with van der Waals surface area (Å²) >= 11 is 1.53. The number of carbonyl (C=O) groups is 1. The summed E-state index contributed by atoms with van der Waals surface area (Å²) in [5, 5.41) is 3.73. The summed E-state index contributed by atoms with van der Waals surface area (Å²) in [6.45, 7) is 0. The molecule has 0 fully saturated rings. The molecule has 58 valence electrons. The van der Waals surface area contributed by atoms with E-state index in [2.05, 4.69) is 4.74 Å². The Labute approximate surface area is 69.6 Å². The first-order valence-corrected chi connectivity index (χ1v) is 4.06. The predicted octanol–water partition coefficient (Wildman–Crippen LogP) is 1.86. The van der Waals surface area contributed by atoms with Crippen molar-refractivity contribution in [3.63, 3.8) is 0 Å². The van der Waals surface area contributed by atoms with E-state index in [1.54, 1.807) is 12.2 Å². The van der Waals surface area contributed by atoms with Crippen LogP contribution in [0.4, 0.5) is 0 Å². The molecule has 0 N–H and O–H groups in total. The first-order valence-electron chi connectivity index (χ1n) is 3.12. The van der Waals surface area contributed by atoms with Gasteiger partial charge >= 0.3 is 5.97 Å². The fourth-order valence-corrected chi connectivity index (χ4v) is 1.14. The second-order valence-electron chi connectivity index (χ2n) is 1.88. The van der Waals surface area contributed by atoms with Crippen LogP contribution in [0.5, 0.6) is 0 Å². The maximum Gasteiger partial charge on any atom is 0.337 e. The van der Waals surface area contributed by atoms with Crippen molar-refractivity contribution >= 4 is 17.7 Å². The van der Waals surface area contributed by atoms with Crippen molar-refractivity contribution in [2.45, 2.75) is 0 Å². The average molecular weight is 168 g/mol. The van der Waals surface area contributed by atoms with E-state index in [0.29, 0.717) is 5.57 Å². The molecule has 1 rings (SSSR count). The lowest BCUT2D eigenvalue weighted by Gasteiger charge is -1.95. The number of carbonyl (C=O) groups excluding carboxylic acids is 1. The molecule has 0 bridgehead atoms. The molecule has 0 saturated carbocycles. The largest absolute Gasteiger partial charge is 0.465 e. The molecular weight excluding hydrogens is 160 g/mol. The molecule has 0 radical (unpaired) electrons. The van der Waals surface area contributed by atoms with E-state index in [1.165, 1.54) is 18.9 Å². The number of thioether (sulfide) groups is 1. The van der Waals surface area contributed by atoms with Gasteiger partial charge in [-0.2, -0.15) is 0 Å². The van der Waals surface area contributed by atoms with Gasteiger partial charge in [0, 0.05) is 0 Å². The van der Waals surface area contributed by atoms with Crippen LogP contribution in [0.1, 0.15) is 0 Å². The molecule has 11 heavy (non-hydrogen) atoms. The minimum Gasteiger partial charge on any atom is -0.465 e. The third kappa shape index (κ3) is 2.27. The monoisotopic (exact) mass is 168 g/mol. The highest BCUT2D eigenvalue weighted by Crippen LogP contribution is 2.12. The summed E-state index contributed by atoms with van der Waals surface area (Å²) < 4.78 is 4.54. The summed E-state index contributed by atoms with van der Waals surface area (Å²) in [5.74, 6) is -0.298. The van der Waals surface area contributed by atoms with Crippen molar-refractivity contribution in [1.82, 2.24) is 0 Å². The summed E-state index contributed by atoms with van der Waals surface area (Å²) in [6.07, 6.45) is 5.27. The molecule has 0 amide bonds. The Morgan fingerprint density at radius 1 is 1.55 bits per heavy atom. The number of hydrogen-bond acceptors (Lipinski definition) is 3. The predicted molar refractivity (Wildman–Crippen MR) is 46.0 cm³/mol. The van der Waals surface area contributed by atoms with Gasteiger partial charge in [-0.15, -0.1) is 11.8 Å². The van der Waals surface area contributed by atoms with Gasteiger partial charge in [-0.25, -0.2) is 4.79 Å². The van der Waals surface area contributed by atoms with E-state index in [-0.39, 0.29) is 5.97 Å². The van der Waals surface area contributed by atoms with E-state index in [4.69, 9.17) is 0 Å². The van der Waals surface area contributed by atoms with Crippen molar-refractivity contribution in [2.75, 3.05) is 7.11 Å². The SMILES string of the molecule is COC(=O)C1=CC=CSC=C1. The third-order valence-corrected chi connectivity index (χ3v) is 1.79. The van der Waals surface area contributed by atoms with Crippen LogP contribution in [0.2, 0.25) is 0 Å². The first kappa shape index (κ1) is 8.14. The summed E-state index contributed by atoms with van der Waals surface area (Å²) in [7, 11) is 1.37. The van der Waals surface area contributed by atoms with E-state index in [9.17, 15) is 4.79 Å². The molecule has 0 aromatic rings. The van der Waals surface area contributed by atoms with E-state index >= 15 is 0 Å². The van der Waals surface area contributed by atoms with Gasteiger partial charge in [0.15, 0.2) is 0 Å². The second kappa shape index (κ2) is 4.03. The number of ether oxygens (including phenoxy) is 1.